The largest absolute Gasteiger partial charge is 0.481 e. The summed E-state index contributed by atoms with van der Waals surface area (Å²) in [7, 11) is 0. The van der Waals surface area contributed by atoms with E-state index in [2.05, 4.69) is 4.98 Å². The first-order valence-corrected chi connectivity index (χ1v) is 8.02. The maximum atomic E-state index is 11.0. The predicted octanol–water partition coefficient (Wildman–Crippen LogP) is 4.49. The van der Waals surface area contributed by atoms with Crippen molar-refractivity contribution in [3.8, 4) is 11.1 Å². The summed E-state index contributed by atoms with van der Waals surface area (Å²) < 4.78 is 0. The third-order valence-corrected chi connectivity index (χ3v) is 4.46. The van der Waals surface area contributed by atoms with E-state index in [0.717, 1.165) is 27.5 Å². The van der Waals surface area contributed by atoms with Crippen LogP contribution in [0, 0.1) is 0 Å². The Balaban J connectivity index is 0.00000225. The first-order valence-electron chi connectivity index (χ1n) is 7.64. The van der Waals surface area contributed by atoms with Crippen LogP contribution in [0.5, 0.6) is 0 Å². The molecule has 4 nitrogen and oxygen atoms in total. The first-order chi connectivity index (χ1) is 11.6. The summed E-state index contributed by atoms with van der Waals surface area (Å²) in [5.41, 5.74) is 8.39. The number of carboxylic acid groups (broad SMARTS) is 1. The molecular formula is C19H18Cl2N2O2. The number of carboxylic acids is 1. The minimum Gasteiger partial charge on any atom is -0.481 e. The fraction of sp³-hybridized carbons (Fsp3) is 0.158. The zero-order chi connectivity index (χ0) is 17.1. The van der Waals surface area contributed by atoms with E-state index in [1.807, 2.05) is 42.6 Å². The number of nitrogens with two attached hydrogens (primary N) is 1. The smallest absolute Gasteiger partial charge is 0.304 e. The van der Waals surface area contributed by atoms with Crippen molar-refractivity contribution in [2.24, 2.45) is 5.73 Å². The Kier molecular flexibility index (Phi) is 6.37. The van der Waals surface area contributed by atoms with E-state index < -0.39 is 5.97 Å². The fourth-order valence-corrected chi connectivity index (χ4v) is 3.10. The zero-order valence-electron chi connectivity index (χ0n) is 13.4. The standard InChI is InChI=1S/C19H17ClN2O2.ClH/c20-18-6-5-12(14(9-21)8-19(23)24)7-16(18)17-11-22-10-13-3-1-2-4-15(13)17;/h1-7,10-11,14H,8-9,21H2,(H,23,24);1H/t14-;/m0./s1. The lowest BCUT2D eigenvalue weighted by molar-refractivity contribution is -0.137. The number of hydrogen-bond donors (Lipinski definition) is 2. The number of fused-ring (bicyclic) bond motifs is 1. The van der Waals surface area contributed by atoms with Crippen LogP contribution < -0.4 is 5.73 Å². The van der Waals surface area contributed by atoms with Crippen molar-refractivity contribution in [2.75, 3.05) is 6.54 Å². The van der Waals surface area contributed by atoms with Gasteiger partial charge in [0, 0.05) is 39.8 Å². The Labute approximate surface area is 157 Å². The highest BCUT2D eigenvalue weighted by Crippen LogP contribution is 2.35. The van der Waals surface area contributed by atoms with Gasteiger partial charge < -0.3 is 10.8 Å². The predicted molar refractivity (Wildman–Crippen MR) is 103 cm³/mol. The monoisotopic (exact) mass is 376 g/mol. The highest BCUT2D eigenvalue weighted by Gasteiger charge is 2.17. The SMILES string of the molecule is Cl.NC[C@H](CC(=O)O)c1ccc(Cl)c(-c2cncc3ccccc23)c1. The second kappa shape index (κ2) is 8.30. The lowest BCUT2D eigenvalue weighted by Crippen LogP contribution is -2.16. The maximum Gasteiger partial charge on any atom is 0.304 e. The minimum atomic E-state index is -0.867. The highest BCUT2D eigenvalue weighted by molar-refractivity contribution is 6.33. The molecule has 0 aliphatic rings. The molecule has 2 aromatic carbocycles. The number of pyridine rings is 1. The fourth-order valence-electron chi connectivity index (χ4n) is 2.88. The second-order valence-electron chi connectivity index (χ2n) is 5.68. The Morgan fingerprint density at radius 3 is 2.64 bits per heavy atom. The van der Waals surface area contributed by atoms with E-state index in [4.69, 9.17) is 22.4 Å². The molecule has 3 N–H and O–H groups in total. The van der Waals surface area contributed by atoms with Crippen molar-refractivity contribution in [2.45, 2.75) is 12.3 Å². The van der Waals surface area contributed by atoms with Crippen LogP contribution in [0.25, 0.3) is 21.9 Å². The molecule has 0 fully saturated rings. The molecule has 0 saturated heterocycles. The van der Waals surface area contributed by atoms with Crippen LogP contribution in [0.4, 0.5) is 0 Å². The van der Waals surface area contributed by atoms with Gasteiger partial charge in [-0.1, -0.05) is 41.9 Å². The lowest BCUT2D eigenvalue weighted by Gasteiger charge is -2.16. The van der Waals surface area contributed by atoms with Gasteiger partial charge in [-0.3, -0.25) is 9.78 Å². The molecule has 0 aliphatic heterocycles. The summed E-state index contributed by atoms with van der Waals surface area (Å²) in [6, 6.07) is 13.5. The van der Waals surface area contributed by atoms with Crippen molar-refractivity contribution in [1.82, 2.24) is 4.98 Å². The number of nitrogens with zero attached hydrogens (tertiary/aromatic N) is 1. The van der Waals surface area contributed by atoms with Crippen LogP contribution in [0.15, 0.2) is 54.9 Å². The van der Waals surface area contributed by atoms with Crippen LogP contribution in [0.1, 0.15) is 17.9 Å². The summed E-state index contributed by atoms with van der Waals surface area (Å²) in [6.07, 6.45) is 3.58. The van der Waals surface area contributed by atoms with Gasteiger partial charge in [0.2, 0.25) is 0 Å². The molecule has 0 spiro atoms. The number of hydrogen-bond acceptors (Lipinski definition) is 3. The first kappa shape index (κ1) is 19.2. The molecule has 6 heteroatoms. The van der Waals surface area contributed by atoms with E-state index in [1.54, 1.807) is 12.3 Å². The van der Waals surface area contributed by atoms with E-state index in [-0.39, 0.29) is 31.3 Å². The number of benzene rings is 2. The van der Waals surface area contributed by atoms with E-state index >= 15 is 0 Å². The second-order valence-corrected chi connectivity index (χ2v) is 6.09. The molecule has 0 radical (unpaired) electrons. The molecule has 1 aromatic heterocycles. The quantitative estimate of drug-likeness (QED) is 0.687. The van der Waals surface area contributed by atoms with Crippen molar-refractivity contribution in [3.05, 3.63) is 65.4 Å². The summed E-state index contributed by atoms with van der Waals surface area (Å²) in [4.78, 5) is 15.3. The molecule has 1 heterocycles. The number of aliphatic carboxylic acids is 1. The van der Waals surface area contributed by atoms with Gasteiger partial charge in [-0.25, -0.2) is 0 Å². The van der Waals surface area contributed by atoms with E-state index in [0.29, 0.717) is 5.02 Å². The molecule has 25 heavy (non-hydrogen) atoms. The van der Waals surface area contributed by atoms with E-state index in [1.165, 1.54) is 0 Å². The lowest BCUT2D eigenvalue weighted by atomic mass is 9.92. The number of rotatable bonds is 5. The Morgan fingerprint density at radius 1 is 1.16 bits per heavy atom. The number of carbonyl (C=O) groups is 1. The highest BCUT2D eigenvalue weighted by atomic mass is 35.5. The minimum absolute atomic E-state index is 0. The molecule has 3 rings (SSSR count). The van der Waals surface area contributed by atoms with Gasteiger partial charge in [-0.05, 0) is 29.6 Å². The molecule has 0 bridgehead atoms. The van der Waals surface area contributed by atoms with Crippen LogP contribution in [0.2, 0.25) is 5.02 Å². The Bertz CT molecular complexity index is 894. The molecule has 1 atom stereocenters. The summed E-state index contributed by atoms with van der Waals surface area (Å²) in [5, 5.41) is 11.7. The van der Waals surface area contributed by atoms with Gasteiger partial charge in [0.15, 0.2) is 0 Å². The molecule has 0 aliphatic carbocycles. The maximum absolute atomic E-state index is 11.0. The summed E-state index contributed by atoms with van der Waals surface area (Å²) >= 11 is 6.41. The molecule has 130 valence electrons. The van der Waals surface area contributed by atoms with Gasteiger partial charge in [-0.2, -0.15) is 0 Å². The normalized spacial score (nSPS) is 11.8. The molecule has 0 amide bonds. The summed E-state index contributed by atoms with van der Waals surface area (Å²) in [6.45, 7) is 0.265. The molecule has 0 saturated carbocycles. The number of halogens is 2. The van der Waals surface area contributed by atoms with Crippen molar-refractivity contribution in [3.63, 3.8) is 0 Å². The van der Waals surface area contributed by atoms with Gasteiger partial charge in [0.1, 0.15) is 0 Å². The number of aromatic nitrogens is 1. The zero-order valence-corrected chi connectivity index (χ0v) is 14.9. The van der Waals surface area contributed by atoms with Gasteiger partial charge in [0.25, 0.3) is 0 Å². The van der Waals surface area contributed by atoms with Gasteiger partial charge in [-0.15, -0.1) is 12.4 Å². The molecular weight excluding hydrogens is 359 g/mol. The van der Waals surface area contributed by atoms with Crippen molar-refractivity contribution in [1.29, 1.82) is 0 Å². The molecule has 3 aromatic rings. The van der Waals surface area contributed by atoms with Gasteiger partial charge >= 0.3 is 5.97 Å². The van der Waals surface area contributed by atoms with Crippen molar-refractivity contribution < 1.29 is 9.90 Å². The average Bonchev–Trinajstić information content (AvgIpc) is 2.60. The average molecular weight is 377 g/mol. The van der Waals surface area contributed by atoms with Crippen LogP contribution in [0.3, 0.4) is 0 Å². The van der Waals surface area contributed by atoms with Crippen LogP contribution in [-0.4, -0.2) is 22.6 Å². The van der Waals surface area contributed by atoms with Crippen LogP contribution in [-0.2, 0) is 4.79 Å². The summed E-state index contributed by atoms with van der Waals surface area (Å²) in [5.74, 6) is -1.12. The Morgan fingerprint density at radius 2 is 1.92 bits per heavy atom. The van der Waals surface area contributed by atoms with Gasteiger partial charge in [0.05, 0.1) is 6.42 Å². The third kappa shape index (κ3) is 4.10. The van der Waals surface area contributed by atoms with E-state index in [9.17, 15) is 4.79 Å². The third-order valence-electron chi connectivity index (χ3n) is 4.13. The Hall–Kier alpha value is -2.14. The van der Waals surface area contributed by atoms with Crippen LogP contribution >= 0.6 is 24.0 Å². The van der Waals surface area contributed by atoms with Crippen molar-refractivity contribution >= 4 is 40.7 Å². The molecule has 0 unspecified atom stereocenters. The topological polar surface area (TPSA) is 76.2 Å².